The van der Waals surface area contributed by atoms with Gasteiger partial charge in [-0.2, -0.15) is 11.8 Å². The summed E-state index contributed by atoms with van der Waals surface area (Å²) in [7, 11) is 5.37. The van der Waals surface area contributed by atoms with Crippen LogP contribution in [-0.4, -0.2) is 32.8 Å². The van der Waals surface area contributed by atoms with Crippen molar-refractivity contribution in [2.24, 2.45) is 0 Å². The summed E-state index contributed by atoms with van der Waals surface area (Å²) in [6, 6.07) is 6.15. The Hall–Kier alpha value is -0.870. The Morgan fingerprint density at radius 2 is 1.83 bits per heavy atom. The van der Waals surface area contributed by atoms with Crippen molar-refractivity contribution < 1.29 is 9.47 Å². The van der Waals surface area contributed by atoms with E-state index in [1.807, 2.05) is 37.0 Å². The third-order valence-electron chi connectivity index (χ3n) is 2.80. The first kappa shape index (κ1) is 15.2. The standard InChI is InChI=1S/C14H23NO2S/c1-5-9-18-10-11(15-2)14-12(16-3)7-6-8-13(14)17-4/h6-8,11,15H,5,9-10H2,1-4H3. The second-order valence-electron chi connectivity index (χ2n) is 3.99. The number of benzene rings is 1. The zero-order chi connectivity index (χ0) is 13.4. The maximum Gasteiger partial charge on any atom is 0.127 e. The SMILES string of the molecule is CCCSCC(NC)c1c(OC)cccc1OC. The van der Waals surface area contributed by atoms with Crippen LogP contribution in [0.1, 0.15) is 24.9 Å². The van der Waals surface area contributed by atoms with Crippen LogP contribution >= 0.6 is 11.8 Å². The summed E-state index contributed by atoms with van der Waals surface area (Å²) in [6.45, 7) is 2.20. The van der Waals surface area contributed by atoms with Crippen molar-refractivity contribution in [2.75, 3.05) is 32.8 Å². The Bertz CT molecular complexity index is 335. The molecular weight excluding hydrogens is 246 g/mol. The van der Waals surface area contributed by atoms with Crippen LogP contribution in [0.2, 0.25) is 0 Å². The van der Waals surface area contributed by atoms with Crippen LogP contribution in [0.3, 0.4) is 0 Å². The lowest BCUT2D eigenvalue weighted by Crippen LogP contribution is -2.20. The number of ether oxygens (including phenoxy) is 2. The van der Waals surface area contributed by atoms with E-state index in [4.69, 9.17) is 9.47 Å². The van der Waals surface area contributed by atoms with Crippen LogP contribution in [-0.2, 0) is 0 Å². The van der Waals surface area contributed by atoms with Crippen LogP contribution in [0.4, 0.5) is 0 Å². The van der Waals surface area contributed by atoms with Gasteiger partial charge in [0.1, 0.15) is 11.5 Å². The number of hydrogen-bond donors (Lipinski definition) is 1. The third-order valence-corrected chi connectivity index (χ3v) is 4.06. The molecule has 0 aliphatic heterocycles. The Morgan fingerprint density at radius 3 is 2.28 bits per heavy atom. The van der Waals surface area contributed by atoms with Gasteiger partial charge in [0.2, 0.25) is 0 Å². The highest BCUT2D eigenvalue weighted by Crippen LogP contribution is 2.35. The molecule has 0 heterocycles. The topological polar surface area (TPSA) is 30.5 Å². The quantitative estimate of drug-likeness (QED) is 0.735. The second-order valence-corrected chi connectivity index (χ2v) is 5.14. The molecular formula is C14H23NO2S. The molecule has 1 rings (SSSR count). The summed E-state index contributed by atoms with van der Waals surface area (Å²) in [5.74, 6) is 3.95. The van der Waals surface area contributed by atoms with Gasteiger partial charge in [-0.1, -0.05) is 13.0 Å². The van der Waals surface area contributed by atoms with Crippen molar-refractivity contribution in [3.63, 3.8) is 0 Å². The van der Waals surface area contributed by atoms with Gasteiger partial charge in [-0.3, -0.25) is 0 Å². The molecule has 0 amide bonds. The van der Waals surface area contributed by atoms with E-state index >= 15 is 0 Å². The van der Waals surface area contributed by atoms with Gasteiger partial charge in [-0.15, -0.1) is 0 Å². The minimum atomic E-state index is 0.243. The normalized spacial score (nSPS) is 12.2. The predicted molar refractivity (Wildman–Crippen MR) is 79.0 cm³/mol. The molecule has 0 bridgehead atoms. The van der Waals surface area contributed by atoms with Gasteiger partial charge >= 0.3 is 0 Å². The van der Waals surface area contributed by atoms with Crippen LogP contribution in [0.25, 0.3) is 0 Å². The van der Waals surface area contributed by atoms with Crippen molar-refractivity contribution in [1.82, 2.24) is 5.32 Å². The lowest BCUT2D eigenvalue weighted by Gasteiger charge is -2.21. The van der Waals surface area contributed by atoms with E-state index in [0.717, 1.165) is 22.8 Å². The first-order chi connectivity index (χ1) is 8.78. The highest BCUT2D eigenvalue weighted by molar-refractivity contribution is 7.99. The van der Waals surface area contributed by atoms with E-state index < -0.39 is 0 Å². The average Bonchev–Trinajstić information content (AvgIpc) is 2.43. The van der Waals surface area contributed by atoms with Gasteiger partial charge in [-0.25, -0.2) is 0 Å². The number of rotatable bonds is 8. The second kappa shape index (κ2) is 8.27. The predicted octanol–water partition coefficient (Wildman–Crippen LogP) is 3.11. The van der Waals surface area contributed by atoms with Gasteiger partial charge in [-0.05, 0) is 31.4 Å². The van der Waals surface area contributed by atoms with Gasteiger partial charge in [0.25, 0.3) is 0 Å². The molecule has 0 saturated heterocycles. The zero-order valence-corrected chi connectivity index (χ0v) is 12.5. The Balaban J connectivity index is 2.94. The fraction of sp³-hybridized carbons (Fsp3) is 0.571. The van der Waals surface area contributed by atoms with E-state index in [0.29, 0.717) is 0 Å². The smallest absolute Gasteiger partial charge is 0.127 e. The van der Waals surface area contributed by atoms with E-state index in [1.54, 1.807) is 14.2 Å². The Morgan fingerprint density at radius 1 is 1.22 bits per heavy atom. The van der Waals surface area contributed by atoms with Crippen LogP contribution in [0.5, 0.6) is 11.5 Å². The van der Waals surface area contributed by atoms with Crippen molar-refractivity contribution in [3.8, 4) is 11.5 Å². The van der Waals surface area contributed by atoms with E-state index in [9.17, 15) is 0 Å². The van der Waals surface area contributed by atoms with Gasteiger partial charge in [0.15, 0.2) is 0 Å². The maximum atomic E-state index is 5.45. The van der Waals surface area contributed by atoms with Crippen molar-refractivity contribution >= 4 is 11.8 Å². The van der Waals surface area contributed by atoms with Gasteiger partial charge in [0, 0.05) is 11.8 Å². The summed E-state index contributed by atoms with van der Waals surface area (Å²) >= 11 is 1.95. The van der Waals surface area contributed by atoms with E-state index in [-0.39, 0.29) is 6.04 Å². The summed E-state index contributed by atoms with van der Waals surface area (Å²) in [4.78, 5) is 0. The highest BCUT2D eigenvalue weighted by Gasteiger charge is 2.19. The molecule has 0 fully saturated rings. The number of thioether (sulfide) groups is 1. The molecule has 1 aromatic rings. The fourth-order valence-electron chi connectivity index (χ4n) is 1.88. The van der Waals surface area contributed by atoms with Crippen molar-refractivity contribution in [2.45, 2.75) is 19.4 Å². The van der Waals surface area contributed by atoms with Crippen LogP contribution in [0, 0.1) is 0 Å². The Kier molecular flexibility index (Phi) is 6.98. The molecule has 0 aromatic heterocycles. The fourth-order valence-corrected chi connectivity index (χ4v) is 2.90. The monoisotopic (exact) mass is 269 g/mol. The largest absolute Gasteiger partial charge is 0.496 e. The lowest BCUT2D eigenvalue weighted by molar-refractivity contribution is 0.377. The molecule has 1 aromatic carbocycles. The average molecular weight is 269 g/mol. The third kappa shape index (κ3) is 3.82. The first-order valence-electron chi connectivity index (χ1n) is 6.24. The summed E-state index contributed by atoms with van der Waals surface area (Å²) in [5, 5.41) is 3.35. The van der Waals surface area contributed by atoms with Gasteiger partial charge < -0.3 is 14.8 Å². The summed E-state index contributed by atoms with van der Waals surface area (Å²) in [5.41, 5.74) is 1.11. The number of hydrogen-bond acceptors (Lipinski definition) is 4. The van der Waals surface area contributed by atoms with E-state index in [2.05, 4.69) is 12.2 Å². The minimum absolute atomic E-state index is 0.243. The molecule has 102 valence electrons. The molecule has 1 unspecified atom stereocenters. The summed E-state index contributed by atoms with van der Waals surface area (Å²) in [6.07, 6.45) is 1.20. The Labute approximate surface area is 114 Å². The molecule has 4 heteroatoms. The van der Waals surface area contributed by atoms with Crippen molar-refractivity contribution in [1.29, 1.82) is 0 Å². The maximum absolute atomic E-state index is 5.45. The molecule has 0 radical (unpaired) electrons. The van der Waals surface area contributed by atoms with Gasteiger partial charge in [0.05, 0.1) is 19.8 Å². The van der Waals surface area contributed by atoms with Crippen molar-refractivity contribution in [3.05, 3.63) is 23.8 Å². The molecule has 18 heavy (non-hydrogen) atoms. The highest BCUT2D eigenvalue weighted by atomic mass is 32.2. The molecule has 0 aliphatic rings. The zero-order valence-electron chi connectivity index (χ0n) is 11.7. The molecule has 1 N–H and O–H groups in total. The first-order valence-corrected chi connectivity index (χ1v) is 7.39. The minimum Gasteiger partial charge on any atom is -0.496 e. The number of nitrogens with one attached hydrogen (secondary N) is 1. The summed E-state index contributed by atoms with van der Waals surface area (Å²) < 4.78 is 10.9. The molecule has 1 atom stereocenters. The molecule has 0 saturated carbocycles. The van der Waals surface area contributed by atoms with Crippen LogP contribution in [0.15, 0.2) is 18.2 Å². The lowest BCUT2D eigenvalue weighted by atomic mass is 10.1. The molecule has 3 nitrogen and oxygen atoms in total. The van der Waals surface area contributed by atoms with Crippen LogP contribution < -0.4 is 14.8 Å². The number of methoxy groups -OCH3 is 2. The molecule has 0 aliphatic carbocycles. The van der Waals surface area contributed by atoms with E-state index in [1.165, 1.54) is 12.2 Å². The molecule has 0 spiro atoms.